The third-order valence-corrected chi connectivity index (χ3v) is 3.91. The van der Waals surface area contributed by atoms with E-state index >= 15 is 0 Å². The zero-order valence-corrected chi connectivity index (χ0v) is 13.2. The molecule has 1 aromatic heterocycles. The molecule has 1 aromatic carbocycles. The zero-order valence-electron chi connectivity index (χ0n) is 13.2. The maximum atomic E-state index is 12.6. The van der Waals surface area contributed by atoms with Gasteiger partial charge in [0, 0.05) is 13.1 Å². The van der Waals surface area contributed by atoms with E-state index in [0.717, 1.165) is 0 Å². The molecule has 134 valence electrons. The number of amides is 1. The van der Waals surface area contributed by atoms with Gasteiger partial charge in [-0.15, -0.1) is 10.2 Å². The van der Waals surface area contributed by atoms with Crippen LogP contribution in [0.1, 0.15) is 30.5 Å². The van der Waals surface area contributed by atoms with Crippen molar-refractivity contribution in [2.24, 2.45) is 0 Å². The number of alkyl halides is 3. The molecule has 1 fully saturated rings. The summed E-state index contributed by atoms with van der Waals surface area (Å²) in [4.78, 5) is 13.8. The molecule has 1 amide bonds. The molecule has 3 rings (SSSR count). The number of aromatic nitrogens is 2. The van der Waals surface area contributed by atoms with E-state index in [2.05, 4.69) is 10.2 Å². The predicted molar refractivity (Wildman–Crippen MR) is 79.8 cm³/mol. The van der Waals surface area contributed by atoms with E-state index in [1.807, 2.05) is 6.07 Å². The van der Waals surface area contributed by atoms with Crippen LogP contribution in [-0.4, -0.2) is 40.7 Å². The van der Waals surface area contributed by atoms with Crippen molar-refractivity contribution in [1.29, 1.82) is 0 Å². The third kappa shape index (κ3) is 4.28. The number of carbonyl (C=O) groups excluding carboxylic acids is 1. The SMILES string of the molecule is O=C(COc1ccccc1)N1CCCC(c2nnc(C(F)(F)F)o2)C1. The van der Waals surface area contributed by atoms with E-state index in [1.165, 1.54) is 0 Å². The highest BCUT2D eigenvalue weighted by Crippen LogP contribution is 2.32. The van der Waals surface area contributed by atoms with Crippen molar-refractivity contribution >= 4 is 5.91 Å². The standard InChI is InChI=1S/C16H16F3N3O3/c17-16(18,19)15-21-20-14(25-15)11-5-4-8-22(9-11)13(23)10-24-12-6-2-1-3-7-12/h1-3,6-7,11H,4-5,8-10H2. The monoisotopic (exact) mass is 355 g/mol. The minimum absolute atomic E-state index is 0.0891. The van der Waals surface area contributed by atoms with Crippen molar-refractivity contribution in [3.63, 3.8) is 0 Å². The first-order valence-corrected chi connectivity index (χ1v) is 7.79. The van der Waals surface area contributed by atoms with Gasteiger partial charge in [-0.1, -0.05) is 18.2 Å². The Kier molecular flexibility index (Phi) is 4.91. The second kappa shape index (κ2) is 7.12. The number of rotatable bonds is 4. The first-order valence-electron chi connectivity index (χ1n) is 7.79. The van der Waals surface area contributed by atoms with Crippen LogP contribution in [-0.2, 0) is 11.0 Å². The number of nitrogens with zero attached hydrogens (tertiary/aromatic N) is 3. The average molecular weight is 355 g/mol. The van der Waals surface area contributed by atoms with E-state index in [9.17, 15) is 18.0 Å². The molecule has 0 saturated carbocycles. The lowest BCUT2D eigenvalue weighted by molar-refractivity contribution is -0.157. The maximum absolute atomic E-state index is 12.6. The molecule has 1 unspecified atom stereocenters. The topological polar surface area (TPSA) is 68.5 Å². The number of likely N-dealkylation sites (tertiary alicyclic amines) is 1. The van der Waals surface area contributed by atoms with E-state index in [4.69, 9.17) is 9.15 Å². The lowest BCUT2D eigenvalue weighted by Crippen LogP contribution is -2.41. The summed E-state index contributed by atoms with van der Waals surface area (Å²) in [5.74, 6) is -1.51. The van der Waals surface area contributed by atoms with Gasteiger partial charge in [-0.3, -0.25) is 4.79 Å². The number of piperidine rings is 1. The molecule has 25 heavy (non-hydrogen) atoms. The minimum Gasteiger partial charge on any atom is -0.484 e. The van der Waals surface area contributed by atoms with Crippen molar-refractivity contribution in [3.05, 3.63) is 42.1 Å². The minimum atomic E-state index is -4.67. The lowest BCUT2D eigenvalue weighted by Gasteiger charge is -2.31. The molecule has 2 aromatic rings. The highest BCUT2D eigenvalue weighted by Gasteiger charge is 2.39. The Hall–Kier alpha value is -2.58. The number of hydrogen-bond acceptors (Lipinski definition) is 5. The van der Waals surface area contributed by atoms with E-state index < -0.39 is 18.0 Å². The van der Waals surface area contributed by atoms with Crippen molar-refractivity contribution in [2.45, 2.75) is 24.9 Å². The Labute approximate surface area is 141 Å². The van der Waals surface area contributed by atoms with E-state index in [-0.39, 0.29) is 24.9 Å². The van der Waals surface area contributed by atoms with Gasteiger partial charge in [0.2, 0.25) is 5.89 Å². The molecule has 0 aliphatic carbocycles. The number of carbonyl (C=O) groups is 1. The summed E-state index contributed by atoms with van der Waals surface area (Å²) in [5.41, 5.74) is 0. The van der Waals surface area contributed by atoms with Crippen LogP contribution in [0.2, 0.25) is 0 Å². The van der Waals surface area contributed by atoms with Gasteiger partial charge in [-0.2, -0.15) is 13.2 Å². The van der Waals surface area contributed by atoms with Gasteiger partial charge >= 0.3 is 12.1 Å². The van der Waals surface area contributed by atoms with Crippen LogP contribution in [0.25, 0.3) is 0 Å². The molecular formula is C16H16F3N3O3. The Morgan fingerprint density at radius 2 is 2.04 bits per heavy atom. The highest BCUT2D eigenvalue weighted by molar-refractivity contribution is 5.78. The fraction of sp³-hybridized carbons (Fsp3) is 0.438. The molecule has 1 saturated heterocycles. The summed E-state index contributed by atoms with van der Waals surface area (Å²) in [6.45, 7) is 0.624. The fourth-order valence-corrected chi connectivity index (χ4v) is 2.67. The fourth-order valence-electron chi connectivity index (χ4n) is 2.67. The summed E-state index contributed by atoms with van der Waals surface area (Å²) in [6, 6.07) is 8.91. The molecule has 0 N–H and O–H groups in total. The lowest BCUT2D eigenvalue weighted by atomic mass is 9.98. The number of ether oxygens (including phenoxy) is 1. The molecule has 0 radical (unpaired) electrons. The first-order chi connectivity index (χ1) is 11.9. The summed E-state index contributed by atoms with van der Waals surface area (Å²) in [6.07, 6.45) is -3.44. The van der Waals surface area contributed by atoms with Gasteiger partial charge in [0.05, 0.1) is 5.92 Å². The van der Waals surface area contributed by atoms with Crippen LogP contribution in [0.4, 0.5) is 13.2 Å². The number of benzene rings is 1. The average Bonchev–Trinajstić information content (AvgIpc) is 3.11. The number of halogens is 3. The predicted octanol–water partition coefficient (Wildman–Crippen LogP) is 2.87. The maximum Gasteiger partial charge on any atom is 0.470 e. The molecule has 6 nitrogen and oxygen atoms in total. The van der Waals surface area contributed by atoms with Crippen LogP contribution < -0.4 is 4.74 Å². The van der Waals surface area contributed by atoms with Crippen molar-refractivity contribution in [3.8, 4) is 5.75 Å². The molecule has 1 aliphatic heterocycles. The largest absolute Gasteiger partial charge is 0.484 e. The summed E-state index contributed by atoms with van der Waals surface area (Å²) in [5, 5.41) is 6.53. The number of para-hydroxylation sites is 1. The van der Waals surface area contributed by atoms with Crippen LogP contribution in [0.5, 0.6) is 5.75 Å². The Bertz CT molecular complexity index is 718. The Morgan fingerprint density at radius 3 is 2.72 bits per heavy atom. The third-order valence-electron chi connectivity index (χ3n) is 3.91. The van der Waals surface area contributed by atoms with Crippen molar-refractivity contribution < 1.29 is 27.1 Å². The van der Waals surface area contributed by atoms with Crippen molar-refractivity contribution in [2.75, 3.05) is 19.7 Å². The first kappa shape index (κ1) is 17.2. The van der Waals surface area contributed by atoms with Crippen LogP contribution >= 0.6 is 0 Å². The van der Waals surface area contributed by atoms with Gasteiger partial charge in [0.1, 0.15) is 5.75 Å². The van der Waals surface area contributed by atoms with Gasteiger partial charge in [-0.05, 0) is 25.0 Å². The molecule has 2 heterocycles. The molecule has 0 bridgehead atoms. The molecule has 1 atom stereocenters. The normalized spacial score (nSPS) is 18.2. The molecular weight excluding hydrogens is 339 g/mol. The molecule has 9 heteroatoms. The summed E-state index contributed by atoms with van der Waals surface area (Å²) < 4.78 is 47.8. The van der Waals surface area contributed by atoms with E-state index in [0.29, 0.717) is 25.1 Å². The quantitative estimate of drug-likeness (QED) is 0.844. The smallest absolute Gasteiger partial charge is 0.470 e. The summed E-state index contributed by atoms with van der Waals surface area (Å²) in [7, 11) is 0. The summed E-state index contributed by atoms with van der Waals surface area (Å²) >= 11 is 0. The zero-order chi connectivity index (χ0) is 17.9. The second-order valence-corrected chi connectivity index (χ2v) is 5.72. The van der Waals surface area contributed by atoms with Crippen LogP contribution in [0.3, 0.4) is 0 Å². The van der Waals surface area contributed by atoms with Gasteiger partial charge in [0.25, 0.3) is 5.91 Å². The molecule has 1 aliphatic rings. The van der Waals surface area contributed by atoms with Gasteiger partial charge < -0.3 is 14.1 Å². The number of hydrogen-bond donors (Lipinski definition) is 0. The highest BCUT2D eigenvalue weighted by atomic mass is 19.4. The van der Waals surface area contributed by atoms with Gasteiger partial charge in [-0.25, -0.2) is 0 Å². The Balaban J connectivity index is 1.59. The van der Waals surface area contributed by atoms with Crippen molar-refractivity contribution in [1.82, 2.24) is 15.1 Å². The van der Waals surface area contributed by atoms with Crippen LogP contribution in [0.15, 0.2) is 34.7 Å². The van der Waals surface area contributed by atoms with Gasteiger partial charge in [0.15, 0.2) is 6.61 Å². The molecule has 0 spiro atoms. The second-order valence-electron chi connectivity index (χ2n) is 5.72. The Morgan fingerprint density at radius 1 is 1.28 bits per heavy atom. The van der Waals surface area contributed by atoms with E-state index in [1.54, 1.807) is 29.2 Å². The van der Waals surface area contributed by atoms with Crippen LogP contribution in [0, 0.1) is 0 Å².